The number of carbonyl (C=O) groups is 1. The SMILES string of the molecule is COc1ccc(OC2CCN(c3nnc(C(N)=O)c(CCc4cn[nH]c4)c3C)CC2)cn1. The summed E-state index contributed by atoms with van der Waals surface area (Å²) in [6, 6.07) is 3.65. The molecule has 3 N–H and O–H groups in total. The smallest absolute Gasteiger partial charge is 0.269 e. The third-order valence-corrected chi connectivity index (χ3v) is 5.73. The second kappa shape index (κ2) is 9.63. The van der Waals surface area contributed by atoms with Crippen LogP contribution in [0, 0.1) is 6.92 Å². The summed E-state index contributed by atoms with van der Waals surface area (Å²) in [5, 5.41) is 15.3. The van der Waals surface area contributed by atoms with Crippen LogP contribution in [-0.4, -0.2) is 57.6 Å². The van der Waals surface area contributed by atoms with E-state index in [1.165, 1.54) is 0 Å². The number of aromatic nitrogens is 5. The van der Waals surface area contributed by atoms with Gasteiger partial charge in [-0.1, -0.05) is 0 Å². The molecule has 168 valence electrons. The summed E-state index contributed by atoms with van der Waals surface area (Å²) in [4.78, 5) is 18.3. The lowest BCUT2D eigenvalue weighted by molar-refractivity contribution is 0.0993. The van der Waals surface area contributed by atoms with E-state index in [1.807, 2.05) is 19.2 Å². The summed E-state index contributed by atoms with van der Waals surface area (Å²) in [7, 11) is 1.59. The number of methoxy groups -OCH3 is 1. The fraction of sp³-hybridized carbons (Fsp3) is 0.409. The number of carbonyl (C=O) groups excluding carboxylic acids is 1. The molecule has 10 nitrogen and oxygen atoms in total. The molecule has 1 aliphatic rings. The Kier molecular flexibility index (Phi) is 6.48. The average molecular weight is 438 g/mol. The lowest BCUT2D eigenvalue weighted by Crippen LogP contribution is -2.39. The first-order valence-electron chi connectivity index (χ1n) is 10.6. The fourth-order valence-corrected chi connectivity index (χ4v) is 3.97. The molecule has 4 rings (SSSR count). The number of nitrogens with one attached hydrogen (secondary N) is 1. The molecule has 0 atom stereocenters. The highest BCUT2D eigenvalue weighted by Crippen LogP contribution is 2.27. The molecule has 0 unspecified atom stereocenters. The van der Waals surface area contributed by atoms with Crippen molar-refractivity contribution in [3.05, 3.63) is 53.1 Å². The summed E-state index contributed by atoms with van der Waals surface area (Å²) in [5.41, 5.74) is 8.64. The highest BCUT2D eigenvalue weighted by atomic mass is 16.5. The topological polar surface area (TPSA) is 132 Å². The van der Waals surface area contributed by atoms with E-state index in [9.17, 15) is 4.79 Å². The quantitative estimate of drug-likeness (QED) is 0.546. The van der Waals surface area contributed by atoms with E-state index in [2.05, 4.69) is 30.3 Å². The van der Waals surface area contributed by atoms with Crippen molar-refractivity contribution >= 4 is 11.7 Å². The number of rotatable bonds is 8. The zero-order valence-electron chi connectivity index (χ0n) is 18.2. The standard InChI is InChI=1S/C22H27N7O3/c1-14-18(5-3-15-11-25-26-12-15)20(21(23)30)27-28-22(14)29-9-7-16(8-10-29)32-17-4-6-19(31-2)24-13-17/h4,6,11-13,16H,3,5,7-10H2,1-2H3,(H2,23,30)(H,25,26). The number of H-pyrrole nitrogens is 1. The van der Waals surface area contributed by atoms with Crippen molar-refractivity contribution in [3.8, 4) is 11.6 Å². The molecule has 4 heterocycles. The second-order valence-electron chi connectivity index (χ2n) is 7.79. The maximum atomic E-state index is 11.9. The van der Waals surface area contributed by atoms with Crippen LogP contribution in [0.2, 0.25) is 0 Å². The van der Waals surface area contributed by atoms with E-state index in [-0.39, 0.29) is 11.8 Å². The van der Waals surface area contributed by atoms with Gasteiger partial charge in [0, 0.05) is 38.2 Å². The molecular weight excluding hydrogens is 410 g/mol. The van der Waals surface area contributed by atoms with Crippen LogP contribution in [0.4, 0.5) is 5.82 Å². The molecule has 1 amide bonds. The van der Waals surface area contributed by atoms with E-state index >= 15 is 0 Å². The largest absolute Gasteiger partial charge is 0.489 e. The van der Waals surface area contributed by atoms with Gasteiger partial charge in [0.05, 0.1) is 19.5 Å². The van der Waals surface area contributed by atoms with E-state index in [1.54, 1.807) is 25.6 Å². The lowest BCUT2D eigenvalue weighted by atomic mass is 9.99. The number of primary amides is 1. The van der Waals surface area contributed by atoms with Crippen molar-refractivity contribution in [1.82, 2.24) is 25.4 Å². The normalized spacial score (nSPS) is 14.4. The number of piperidine rings is 1. The van der Waals surface area contributed by atoms with Gasteiger partial charge in [-0.05, 0) is 42.5 Å². The van der Waals surface area contributed by atoms with Gasteiger partial charge in [-0.15, -0.1) is 10.2 Å². The summed E-state index contributed by atoms with van der Waals surface area (Å²) in [6.45, 7) is 3.54. The number of amides is 1. The average Bonchev–Trinajstić information content (AvgIpc) is 3.33. The molecule has 1 saturated heterocycles. The van der Waals surface area contributed by atoms with Crippen LogP contribution in [0.15, 0.2) is 30.7 Å². The Hall–Kier alpha value is -3.69. The van der Waals surface area contributed by atoms with Crippen molar-refractivity contribution in [2.75, 3.05) is 25.1 Å². The zero-order chi connectivity index (χ0) is 22.5. The first-order chi connectivity index (χ1) is 15.5. The van der Waals surface area contributed by atoms with E-state index in [4.69, 9.17) is 15.2 Å². The summed E-state index contributed by atoms with van der Waals surface area (Å²) in [6.07, 6.45) is 8.45. The van der Waals surface area contributed by atoms with Crippen LogP contribution in [0.25, 0.3) is 0 Å². The first kappa shape index (κ1) is 21.5. The molecule has 10 heteroatoms. The van der Waals surface area contributed by atoms with Gasteiger partial charge in [0.25, 0.3) is 5.91 Å². The summed E-state index contributed by atoms with van der Waals surface area (Å²) >= 11 is 0. The molecular formula is C22H27N7O3. The fourth-order valence-electron chi connectivity index (χ4n) is 3.97. The van der Waals surface area contributed by atoms with Gasteiger partial charge in [0.2, 0.25) is 5.88 Å². The van der Waals surface area contributed by atoms with Crippen molar-refractivity contribution in [2.45, 2.75) is 38.7 Å². The first-order valence-corrected chi connectivity index (χ1v) is 10.6. The Morgan fingerprint density at radius 2 is 2.03 bits per heavy atom. The highest BCUT2D eigenvalue weighted by molar-refractivity contribution is 5.92. The Labute approximate surface area is 186 Å². The lowest BCUT2D eigenvalue weighted by Gasteiger charge is -2.33. The predicted octanol–water partition coefficient (Wildman–Crippen LogP) is 1.84. The van der Waals surface area contributed by atoms with E-state index < -0.39 is 5.91 Å². The van der Waals surface area contributed by atoms with Crippen LogP contribution in [0.5, 0.6) is 11.6 Å². The second-order valence-corrected chi connectivity index (χ2v) is 7.79. The minimum absolute atomic E-state index is 0.0974. The van der Waals surface area contributed by atoms with Gasteiger partial charge in [-0.3, -0.25) is 9.89 Å². The van der Waals surface area contributed by atoms with Crippen LogP contribution in [0.3, 0.4) is 0 Å². The maximum absolute atomic E-state index is 11.9. The Balaban J connectivity index is 1.44. The molecule has 0 spiro atoms. The summed E-state index contributed by atoms with van der Waals surface area (Å²) in [5.74, 6) is 1.52. The number of aryl methyl sites for hydroxylation is 1. The maximum Gasteiger partial charge on any atom is 0.269 e. The van der Waals surface area contributed by atoms with Crippen molar-refractivity contribution in [3.63, 3.8) is 0 Å². The minimum atomic E-state index is -0.561. The van der Waals surface area contributed by atoms with Gasteiger partial charge in [-0.25, -0.2) is 4.98 Å². The molecule has 0 aromatic carbocycles. The van der Waals surface area contributed by atoms with E-state index in [0.717, 1.165) is 60.6 Å². The number of ether oxygens (including phenoxy) is 2. The van der Waals surface area contributed by atoms with Crippen LogP contribution < -0.4 is 20.1 Å². The van der Waals surface area contributed by atoms with Gasteiger partial charge in [0.1, 0.15) is 11.9 Å². The van der Waals surface area contributed by atoms with Gasteiger partial charge in [-0.2, -0.15) is 5.10 Å². The molecule has 0 saturated carbocycles. The van der Waals surface area contributed by atoms with Crippen LogP contribution in [0.1, 0.15) is 40.0 Å². The Morgan fingerprint density at radius 3 is 2.66 bits per heavy atom. The molecule has 1 aliphatic heterocycles. The monoisotopic (exact) mass is 437 g/mol. The van der Waals surface area contributed by atoms with Crippen LogP contribution in [-0.2, 0) is 12.8 Å². The molecule has 0 aliphatic carbocycles. The predicted molar refractivity (Wildman–Crippen MR) is 118 cm³/mol. The Morgan fingerprint density at radius 1 is 1.22 bits per heavy atom. The van der Waals surface area contributed by atoms with E-state index in [0.29, 0.717) is 12.3 Å². The zero-order valence-corrected chi connectivity index (χ0v) is 18.2. The third kappa shape index (κ3) is 4.79. The molecule has 32 heavy (non-hydrogen) atoms. The van der Waals surface area contributed by atoms with Gasteiger partial charge in [0.15, 0.2) is 11.5 Å². The number of nitrogens with two attached hydrogens (primary N) is 1. The molecule has 0 bridgehead atoms. The number of pyridine rings is 1. The van der Waals surface area contributed by atoms with Crippen LogP contribution >= 0.6 is 0 Å². The minimum Gasteiger partial charge on any atom is -0.489 e. The Bertz CT molecular complexity index is 1050. The number of aromatic amines is 1. The molecule has 0 radical (unpaired) electrons. The number of hydrogen-bond donors (Lipinski definition) is 2. The number of anilines is 1. The molecule has 1 fully saturated rings. The molecule has 3 aromatic rings. The summed E-state index contributed by atoms with van der Waals surface area (Å²) < 4.78 is 11.2. The number of nitrogens with zero attached hydrogens (tertiary/aromatic N) is 5. The van der Waals surface area contributed by atoms with Crippen molar-refractivity contribution in [1.29, 1.82) is 0 Å². The van der Waals surface area contributed by atoms with Crippen molar-refractivity contribution < 1.29 is 14.3 Å². The molecule has 3 aromatic heterocycles. The van der Waals surface area contributed by atoms with Gasteiger partial charge < -0.3 is 20.1 Å². The van der Waals surface area contributed by atoms with Crippen molar-refractivity contribution in [2.24, 2.45) is 5.73 Å². The third-order valence-electron chi connectivity index (χ3n) is 5.73. The highest BCUT2D eigenvalue weighted by Gasteiger charge is 2.25. The number of hydrogen-bond acceptors (Lipinski definition) is 8. The van der Waals surface area contributed by atoms with Gasteiger partial charge >= 0.3 is 0 Å².